The van der Waals surface area contributed by atoms with Gasteiger partial charge in [0.25, 0.3) is 0 Å². The van der Waals surface area contributed by atoms with Crippen LogP contribution in [0.4, 0.5) is 35.1 Å². The summed E-state index contributed by atoms with van der Waals surface area (Å²) in [5.41, 5.74) is -2.24. The Hall–Kier alpha value is -3.14. The first-order valence-corrected chi connectivity index (χ1v) is 11.0. The summed E-state index contributed by atoms with van der Waals surface area (Å²) in [5, 5.41) is 0. The average molecular weight is 518 g/mol. The van der Waals surface area contributed by atoms with E-state index < -0.39 is 70.0 Å². The van der Waals surface area contributed by atoms with Gasteiger partial charge in [0.15, 0.2) is 17.5 Å². The van der Waals surface area contributed by atoms with E-state index in [9.17, 15) is 35.1 Å². The molecule has 2 nitrogen and oxygen atoms in total. The maximum Gasteiger partial charge on any atom is 0.432 e. The third kappa shape index (κ3) is 5.18. The van der Waals surface area contributed by atoms with Gasteiger partial charge in [-0.25, -0.2) is 26.3 Å². The molecule has 2 unspecified atom stereocenters. The lowest BCUT2D eigenvalue weighted by atomic mass is 9.92. The Morgan fingerprint density at radius 1 is 0.917 bits per heavy atom. The fourth-order valence-electron chi connectivity index (χ4n) is 4.03. The summed E-state index contributed by atoms with van der Waals surface area (Å²) in [4.78, 5) is 0. The maximum absolute atomic E-state index is 14.9. The summed E-state index contributed by atoms with van der Waals surface area (Å²) in [6.07, 6.45) is -2.86. The van der Waals surface area contributed by atoms with Crippen molar-refractivity contribution >= 4 is 0 Å². The van der Waals surface area contributed by atoms with Crippen molar-refractivity contribution in [2.45, 2.75) is 38.4 Å². The number of rotatable bonds is 6. The van der Waals surface area contributed by atoms with Gasteiger partial charge in [-0.15, -0.1) is 0 Å². The summed E-state index contributed by atoms with van der Waals surface area (Å²) in [7, 11) is 0. The van der Waals surface area contributed by atoms with Gasteiger partial charge in [-0.2, -0.15) is 8.78 Å². The highest BCUT2D eigenvalue weighted by Crippen LogP contribution is 2.39. The molecule has 1 aliphatic rings. The molecule has 36 heavy (non-hydrogen) atoms. The van der Waals surface area contributed by atoms with Crippen LogP contribution in [0.25, 0.3) is 11.1 Å². The molecule has 192 valence electrons. The number of halogens is 8. The van der Waals surface area contributed by atoms with Crippen LogP contribution in [0.15, 0.2) is 42.4 Å². The minimum Gasteiger partial charge on any atom is -0.429 e. The van der Waals surface area contributed by atoms with Gasteiger partial charge < -0.3 is 9.47 Å². The van der Waals surface area contributed by atoms with Crippen LogP contribution >= 0.6 is 0 Å². The van der Waals surface area contributed by atoms with Crippen LogP contribution in [0.1, 0.15) is 46.2 Å². The zero-order valence-corrected chi connectivity index (χ0v) is 18.7. The molecule has 10 heteroatoms. The Morgan fingerprint density at radius 2 is 1.56 bits per heavy atom. The SMILES string of the molecule is [2H]c1c(F)c(F)c(F)c([2H])c1OC(F)(F)c1c(F)cc(-c2ccc(C3CCC(CC)CO3)cc2F)cc1F. The summed E-state index contributed by atoms with van der Waals surface area (Å²) >= 11 is 0. The minimum absolute atomic E-state index is 0.297. The first kappa shape index (κ1) is 23.3. The minimum atomic E-state index is -4.99. The molecular formula is C26H20F8O2. The fourth-order valence-corrected chi connectivity index (χ4v) is 4.03. The van der Waals surface area contributed by atoms with Crippen LogP contribution in [0.3, 0.4) is 0 Å². The van der Waals surface area contributed by atoms with Gasteiger partial charge in [-0.1, -0.05) is 25.5 Å². The maximum atomic E-state index is 14.9. The monoisotopic (exact) mass is 518 g/mol. The summed E-state index contributed by atoms with van der Waals surface area (Å²) in [6, 6.07) is 1.18. The van der Waals surface area contributed by atoms with E-state index in [4.69, 9.17) is 7.48 Å². The zero-order valence-electron chi connectivity index (χ0n) is 20.7. The molecule has 2 atom stereocenters. The van der Waals surface area contributed by atoms with Crippen LogP contribution in [0.2, 0.25) is 0 Å². The van der Waals surface area contributed by atoms with Crippen molar-refractivity contribution in [2.75, 3.05) is 6.61 Å². The van der Waals surface area contributed by atoms with E-state index in [0.717, 1.165) is 18.9 Å². The van der Waals surface area contributed by atoms with Crippen LogP contribution in [-0.4, -0.2) is 6.61 Å². The van der Waals surface area contributed by atoms with E-state index in [1.54, 1.807) is 0 Å². The Bertz CT molecular complexity index is 1320. The molecule has 0 N–H and O–H groups in total. The Labute approximate surface area is 204 Å². The normalized spacial score (nSPS) is 19.1. The standard InChI is InChI=1S/C26H20F8O2/c1-2-13-3-6-23(35-12-13)14-4-5-17(18(27)7-14)15-8-19(28)24(20(29)9-15)26(33,34)36-16-10-21(30)25(32)22(31)11-16/h4-5,7-11,13,23H,2-3,6,12H2,1H3/i10D,11D. The van der Waals surface area contributed by atoms with Crippen LogP contribution < -0.4 is 4.74 Å². The molecule has 1 heterocycles. The van der Waals surface area contributed by atoms with Crippen molar-refractivity contribution in [1.82, 2.24) is 0 Å². The van der Waals surface area contributed by atoms with Gasteiger partial charge in [-0.05, 0) is 48.1 Å². The summed E-state index contributed by atoms with van der Waals surface area (Å²) in [6.45, 7) is 2.55. The molecule has 1 saturated heterocycles. The highest BCUT2D eigenvalue weighted by Gasteiger charge is 2.41. The number of hydrogen-bond acceptors (Lipinski definition) is 2. The summed E-state index contributed by atoms with van der Waals surface area (Å²) < 4.78 is 139. The molecule has 0 aliphatic carbocycles. The molecule has 1 aliphatic heterocycles. The molecule has 3 aromatic rings. The first-order valence-electron chi connectivity index (χ1n) is 12.0. The highest BCUT2D eigenvalue weighted by atomic mass is 19.3. The molecule has 0 spiro atoms. The van der Waals surface area contributed by atoms with Crippen LogP contribution in [0.5, 0.6) is 5.75 Å². The Morgan fingerprint density at radius 3 is 2.08 bits per heavy atom. The van der Waals surface area contributed by atoms with Crippen LogP contribution in [0, 0.1) is 40.8 Å². The van der Waals surface area contributed by atoms with E-state index >= 15 is 0 Å². The topological polar surface area (TPSA) is 18.5 Å². The third-order valence-corrected chi connectivity index (χ3v) is 6.02. The quantitative estimate of drug-likeness (QED) is 0.242. The third-order valence-electron chi connectivity index (χ3n) is 6.02. The highest BCUT2D eigenvalue weighted by molar-refractivity contribution is 5.65. The van der Waals surface area contributed by atoms with E-state index in [1.807, 2.05) is 6.92 Å². The molecule has 3 aromatic carbocycles. The van der Waals surface area contributed by atoms with Crippen molar-refractivity contribution < 1.29 is 47.3 Å². The second-order valence-electron chi connectivity index (χ2n) is 8.37. The predicted molar refractivity (Wildman–Crippen MR) is 114 cm³/mol. The van der Waals surface area contributed by atoms with E-state index in [0.29, 0.717) is 36.6 Å². The average Bonchev–Trinajstić information content (AvgIpc) is 2.88. The van der Waals surface area contributed by atoms with Crippen molar-refractivity contribution in [3.05, 3.63) is 88.4 Å². The second-order valence-corrected chi connectivity index (χ2v) is 8.37. The first-order chi connectivity index (χ1) is 17.9. The van der Waals surface area contributed by atoms with E-state index in [-0.39, 0.29) is 11.7 Å². The van der Waals surface area contributed by atoms with Crippen molar-refractivity contribution in [3.8, 4) is 16.9 Å². The lowest BCUT2D eigenvalue weighted by molar-refractivity contribution is -0.189. The van der Waals surface area contributed by atoms with Crippen molar-refractivity contribution in [2.24, 2.45) is 5.92 Å². The van der Waals surface area contributed by atoms with Gasteiger partial charge in [0.05, 0.1) is 15.5 Å². The number of ether oxygens (including phenoxy) is 2. The van der Waals surface area contributed by atoms with Gasteiger partial charge >= 0.3 is 6.11 Å². The molecule has 0 bridgehead atoms. The van der Waals surface area contributed by atoms with E-state index in [1.165, 1.54) is 12.1 Å². The molecular weight excluding hydrogens is 496 g/mol. The molecule has 0 aromatic heterocycles. The number of alkyl halides is 2. The van der Waals surface area contributed by atoms with Crippen LogP contribution in [-0.2, 0) is 10.8 Å². The lowest BCUT2D eigenvalue weighted by Crippen LogP contribution is -2.25. The Balaban J connectivity index is 1.64. The van der Waals surface area contributed by atoms with Gasteiger partial charge in [-0.3, -0.25) is 0 Å². The molecule has 4 rings (SSSR count). The lowest BCUT2D eigenvalue weighted by Gasteiger charge is -2.28. The van der Waals surface area contributed by atoms with Gasteiger partial charge in [0.1, 0.15) is 28.8 Å². The Kier molecular flexibility index (Phi) is 6.52. The second kappa shape index (κ2) is 10.1. The summed E-state index contributed by atoms with van der Waals surface area (Å²) in [5.74, 6) is -12.8. The smallest absolute Gasteiger partial charge is 0.429 e. The fraction of sp³-hybridized carbons (Fsp3) is 0.308. The van der Waals surface area contributed by atoms with Gasteiger partial charge in [0.2, 0.25) is 0 Å². The zero-order chi connectivity index (χ0) is 27.9. The largest absolute Gasteiger partial charge is 0.432 e. The molecule has 0 amide bonds. The number of benzene rings is 3. The van der Waals surface area contributed by atoms with Crippen molar-refractivity contribution in [3.63, 3.8) is 0 Å². The van der Waals surface area contributed by atoms with Crippen molar-refractivity contribution in [1.29, 1.82) is 0 Å². The number of hydrogen-bond donors (Lipinski definition) is 0. The molecule has 0 radical (unpaired) electrons. The van der Waals surface area contributed by atoms with Gasteiger partial charge in [0, 0.05) is 17.6 Å². The van der Waals surface area contributed by atoms with E-state index in [2.05, 4.69) is 4.74 Å². The molecule has 1 fully saturated rings. The predicted octanol–water partition coefficient (Wildman–Crippen LogP) is 8.19. The molecule has 0 saturated carbocycles.